The lowest BCUT2D eigenvalue weighted by Crippen LogP contribution is -2.29. The zero-order chi connectivity index (χ0) is 15.7. The largest absolute Gasteiger partial charge is 0.435 e. The van der Waals surface area contributed by atoms with Crippen LogP contribution in [0.1, 0.15) is 36.7 Å². The number of alkyl halides is 3. The third-order valence-corrected chi connectivity index (χ3v) is 4.95. The van der Waals surface area contributed by atoms with Crippen molar-refractivity contribution in [1.29, 1.82) is 0 Å². The predicted molar refractivity (Wildman–Crippen MR) is 71.3 cm³/mol. The molecule has 0 bridgehead atoms. The third kappa shape index (κ3) is 3.76. The van der Waals surface area contributed by atoms with Gasteiger partial charge in [-0.25, -0.2) is 13.1 Å². The maximum atomic E-state index is 13.0. The number of rotatable bonds is 5. The molecule has 9 heteroatoms. The molecule has 21 heavy (non-hydrogen) atoms. The van der Waals surface area contributed by atoms with Crippen molar-refractivity contribution in [2.45, 2.75) is 45.3 Å². The van der Waals surface area contributed by atoms with E-state index in [2.05, 4.69) is 9.82 Å². The minimum Gasteiger partial charge on any atom is -0.267 e. The molecule has 0 radical (unpaired) electrons. The number of hydrogen-bond donors (Lipinski definition) is 1. The van der Waals surface area contributed by atoms with Gasteiger partial charge in [0.1, 0.15) is 0 Å². The van der Waals surface area contributed by atoms with Gasteiger partial charge in [0.15, 0.2) is 5.69 Å². The van der Waals surface area contributed by atoms with E-state index in [1.165, 1.54) is 11.6 Å². The van der Waals surface area contributed by atoms with Crippen molar-refractivity contribution in [2.75, 3.05) is 12.3 Å². The zero-order valence-corrected chi connectivity index (χ0v) is 12.5. The van der Waals surface area contributed by atoms with Crippen LogP contribution in [0.2, 0.25) is 0 Å². The number of nitrogens with zero attached hydrogens (tertiary/aromatic N) is 2. The molecule has 1 heterocycles. The fraction of sp³-hybridized carbons (Fsp3) is 0.750. The Morgan fingerprint density at radius 3 is 2.57 bits per heavy atom. The topological polar surface area (TPSA) is 64.0 Å². The van der Waals surface area contributed by atoms with Crippen molar-refractivity contribution in [3.05, 3.63) is 17.0 Å². The highest BCUT2D eigenvalue weighted by molar-refractivity contribution is 7.89. The van der Waals surface area contributed by atoms with E-state index in [0.29, 0.717) is 18.5 Å². The first kappa shape index (κ1) is 16.3. The normalized spacial score (nSPS) is 16.0. The van der Waals surface area contributed by atoms with Gasteiger partial charge in [-0.3, -0.25) is 4.68 Å². The molecule has 0 saturated heterocycles. The van der Waals surface area contributed by atoms with Gasteiger partial charge in [-0.15, -0.1) is 0 Å². The Labute approximate surface area is 121 Å². The van der Waals surface area contributed by atoms with E-state index in [-0.39, 0.29) is 24.4 Å². The van der Waals surface area contributed by atoms with Crippen LogP contribution < -0.4 is 4.72 Å². The summed E-state index contributed by atoms with van der Waals surface area (Å²) in [6.45, 7) is 1.65. The first-order valence-corrected chi connectivity index (χ1v) is 8.53. The lowest BCUT2D eigenvalue weighted by molar-refractivity contribution is -0.142. The average molecular weight is 325 g/mol. The van der Waals surface area contributed by atoms with Gasteiger partial charge < -0.3 is 0 Å². The lowest BCUT2D eigenvalue weighted by atomic mass is 9.95. The van der Waals surface area contributed by atoms with E-state index in [9.17, 15) is 21.6 Å². The molecule has 0 atom stereocenters. The molecule has 1 aliphatic rings. The number of hydrogen-bond acceptors (Lipinski definition) is 3. The third-order valence-electron chi connectivity index (χ3n) is 3.55. The summed E-state index contributed by atoms with van der Waals surface area (Å²) in [5.74, 6) is -0.0575. The van der Waals surface area contributed by atoms with Gasteiger partial charge >= 0.3 is 6.18 Å². The molecule has 2 rings (SSSR count). The van der Waals surface area contributed by atoms with Crippen LogP contribution in [0.15, 0.2) is 0 Å². The molecule has 0 spiro atoms. The quantitative estimate of drug-likeness (QED) is 0.896. The van der Waals surface area contributed by atoms with Crippen molar-refractivity contribution in [1.82, 2.24) is 14.5 Å². The Morgan fingerprint density at radius 2 is 1.95 bits per heavy atom. The Bertz CT molecular complexity index is 608. The number of aromatic nitrogens is 2. The van der Waals surface area contributed by atoms with Gasteiger partial charge in [0.05, 0.1) is 12.3 Å². The number of fused-ring (bicyclic) bond motifs is 1. The highest BCUT2D eigenvalue weighted by atomic mass is 32.2. The number of nitrogens with one attached hydrogen (secondary N) is 1. The van der Waals surface area contributed by atoms with Crippen LogP contribution in [-0.4, -0.2) is 30.5 Å². The molecule has 1 aromatic heterocycles. The van der Waals surface area contributed by atoms with Crippen molar-refractivity contribution in [2.24, 2.45) is 0 Å². The second kappa shape index (κ2) is 5.96. The van der Waals surface area contributed by atoms with Crippen LogP contribution in [0.4, 0.5) is 13.2 Å². The molecule has 0 amide bonds. The van der Waals surface area contributed by atoms with Gasteiger partial charge in [-0.05, 0) is 32.6 Å². The van der Waals surface area contributed by atoms with E-state index in [4.69, 9.17) is 0 Å². The van der Waals surface area contributed by atoms with Gasteiger partial charge in [0, 0.05) is 17.8 Å². The van der Waals surface area contributed by atoms with Crippen LogP contribution in [0.3, 0.4) is 0 Å². The average Bonchev–Trinajstić information content (AvgIpc) is 2.78. The van der Waals surface area contributed by atoms with Crippen LogP contribution in [0.5, 0.6) is 0 Å². The smallest absolute Gasteiger partial charge is 0.267 e. The first-order chi connectivity index (χ1) is 9.74. The molecule has 1 aliphatic carbocycles. The number of halogens is 3. The molecule has 0 unspecified atom stereocenters. The summed E-state index contributed by atoms with van der Waals surface area (Å²) in [6.07, 6.45) is -1.97. The summed E-state index contributed by atoms with van der Waals surface area (Å²) in [4.78, 5) is 0. The summed E-state index contributed by atoms with van der Waals surface area (Å²) in [5, 5.41) is 3.67. The van der Waals surface area contributed by atoms with Crippen LogP contribution in [0.25, 0.3) is 0 Å². The van der Waals surface area contributed by atoms with Gasteiger partial charge in [-0.1, -0.05) is 0 Å². The van der Waals surface area contributed by atoms with Gasteiger partial charge in [-0.2, -0.15) is 18.3 Å². The van der Waals surface area contributed by atoms with Crippen molar-refractivity contribution >= 4 is 10.0 Å². The van der Waals surface area contributed by atoms with Crippen LogP contribution in [-0.2, 0) is 35.6 Å². The summed E-state index contributed by atoms with van der Waals surface area (Å²) >= 11 is 0. The molecule has 1 N–H and O–H groups in total. The highest BCUT2D eigenvalue weighted by Gasteiger charge is 2.39. The Kier molecular flexibility index (Phi) is 4.62. The summed E-state index contributed by atoms with van der Waals surface area (Å²) in [5.41, 5.74) is 0.0342. The summed E-state index contributed by atoms with van der Waals surface area (Å²) < 4.78 is 65.2. The molecular formula is C12H18F3N3O2S. The highest BCUT2D eigenvalue weighted by Crippen LogP contribution is 2.35. The van der Waals surface area contributed by atoms with E-state index < -0.39 is 21.9 Å². The number of sulfonamides is 1. The van der Waals surface area contributed by atoms with Crippen LogP contribution >= 0.6 is 0 Å². The Balaban J connectivity index is 2.18. The zero-order valence-electron chi connectivity index (χ0n) is 11.7. The monoisotopic (exact) mass is 325 g/mol. The summed E-state index contributed by atoms with van der Waals surface area (Å²) in [6, 6.07) is 0. The summed E-state index contributed by atoms with van der Waals surface area (Å²) in [7, 11) is -3.35. The first-order valence-electron chi connectivity index (χ1n) is 6.87. The minimum absolute atomic E-state index is 0.0432. The maximum absolute atomic E-state index is 13.0. The fourth-order valence-electron chi connectivity index (χ4n) is 2.49. The minimum atomic E-state index is -4.46. The maximum Gasteiger partial charge on any atom is 0.435 e. The lowest BCUT2D eigenvalue weighted by Gasteiger charge is -2.14. The molecule has 120 valence electrons. The standard InChI is InChI=1S/C12H18F3N3O2S/c1-2-21(19,20)16-7-8-18-10-6-4-3-5-9(10)11(17-18)12(13,14)15/h16H,2-8H2,1H3. The van der Waals surface area contributed by atoms with E-state index >= 15 is 0 Å². The Hall–Kier alpha value is -1.09. The molecule has 0 aliphatic heterocycles. The van der Waals surface area contributed by atoms with Crippen LogP contribution in [0, 0.1) is 0 Å². The van der Waals surface area contributed by atoms with Gasteiger partial charge in [0.2, 0.25) is 10.0 Å². The van der Waals surface area contributed by atoms with E-state index in [0.717, 1.165) is 12.8 Å². The van der Waals surface area contributed by atoms with Crippen molar-refractivity contribution < 1.29 is 21.6 Å². The van der Waals surface area contributed by atoms with E-state index in [1.807, 2.05) is 0 Å². The van der Waals surface area contributed by atoms with Crippen molar-refractivity contribution in [3.63, 3.8) is 0 Å². The second-order valence-corrected chi connectivity index (χ2v) is 7.10. The molecule has 5 nitrogen and oxygen atoms in total. The van der Waals surface area contributed by atoms with E-state index in [1.54, 1.807) is 0 Å². The van der Waals surface area contributed by atoms with Gasteiger partial charge in [0.25, 0.3) is 0 Å². The molecule has 0 saturated carbocycles. The molecule has 1 aromatic rings. The SMILES string of the molecule is CCS(=O)(=O)NCCn1nc(C(F)(F)F)c2c1CCCC2. The molecule has 0 fully saturated rings. The molecule has 0 aromatic carbocycles. The molecular weight excluding hydrogens is 307 g/mol. The second-order valence-electron chi connectivity index (χ2n) is 5.00. The fourth-order valence-corrected chi connectivity index (χ4v) is 3.10. The Morgan fingerprint density at radius 1 is 1.29 bits per heavy atom. The predicted octanol–water partition coefficient (Wildman–Crippen LogP) is 1.72. The van der Waals surface area contributed by atoms with Crippen molar-refractivity contribution in [3.8, 4) is 0 Å².